The van der Waals surface area contributed by atoms with E-state index in [2.05, 4.69) is 51.1 Å². The molecule has 0 fully saturated rings. The summed E-state index contributed by atoms with van der Waals surface area (Å²) in [5, 5.41) is 0. The average molecular weight is 220 g/mol. The van der Waals surface area contributed by atoms with Gasteiger partial charge in [-0.15, -0.1) is 0 Å². The van der Waals surface area contributed by atoms with E-state index in [1.165, 1.54) is 5.56 Å². The van der Waals surface area contributed by atoms with E-state index in [0.717, 1.165) is 0 Å². The second kappa shape index (κ2) is 7.21. The van der Waals surface area contributed by atoms with Crippen LogP contribution < -0.4 is 0 Å². The van der Waals surface area contributed by atoms with Crippen molar-refractivity contribution >= 4 is 5.78 Å². The van der Waals surface area contributed by atoms with Crippen LogP contribution in [0.25, 0.3) is 0 Å². The fourth-order valence-electron chi connectivity index (χ4n) is 1.19. The molecule has 90 valence electrons. The Hall–Kier alpha value is -1.11. The molecular formula is C15H24O. The lowest BCUT2D eigenvalue weighted by atomic mass is 9.87. The van der Waals surface area contributed by atoms with Gasteiger partial charge in [-0.1, -0.05) is 65.0 Å². The summed E-state index contributed by atoms with van der Waals surface area (Å²) in [5.74, 6) is 0.343. The number of ketones is 1. The summed E-state index contributed by atoms with van der Waals surface area (Å²) in [6.07, 6.45) is 1.38. The average Bonchev–Trinajstić information content (AvgIpc) is 2.29. The molecule has 0 bridgehead atoms. The molecule has 0 amide bonds. The zero-order valence-corrected chi connectivity index (χ0v) is 11.2. The van der Waals surface area contributed by atoms with Crippen LogP contribution in [0.2, 0.25) is 0 Å². The first-order valence-electron chi connectivity index (χ1n) is 5.99. The Kier molecular flexibility index (Phi) is 6.71. The Bertz CT molecular complexity index is 287. The molecule has 0 saturated heterocycles. The fraction of sp³-hybridized carbons (Fsp3) is 0.533. The van der Waals surface area contributed by atoms with Crippen LogP contribution in [0.3, 0.4) is 0 Å². The summed E-state index contributed by atoms with van der Waals surface area (Å²) < 4.78 is 0. The van der Waals surface area contributed by atoms with E-state index >= 15 is 0 Å². The Morgan fingerprint density at radius 3 is 1.62 bits per heavy atom. The van der Waals surface area contributed by atoms with Gasteiger partial charge in [0.25, 0.3) is 0 Å². The predicted molar refractivity (Wildman–Crippen MR) is 70.7 cm³/mol. The van der Waals surface area contributed by atoms with Gasteiger partial charge in [0.1, 0.15) is 5.78 Å². The molecule has 1 rings (SSSR count). The maximum absolute atomic E-state index is 10.2. The number of hydrogen-bond acceptors (Lipinski definition) is 1. The van der Waals surface area contributed by atoms with Gasteiger partial charge in [0, 0.05) is 12.8 Å². The van der Waals surface area contributed by atoms with Gasteiger partial charge in [-0.3, -0.25) is 4.79 Å². The Morgan fingerprint density at radius 1 is 1.00 bits per heavy atom. The number of carbonyl (C=O) groups excluding carboxylic acids is 1. The van der Waals surface area contributed by atoms with Crippen LogP contribution in [0.15, 0.2) is 30.3 Å². The SMILES string of the molecule is CC(C)(C)c1ccccc1.CCC(=O)CC. The van der Waals surface area contributed by atoms with Gasteiger partial charge >= 0.3 is 0 Å². The highest BCUT2D eigenvalue weighted by molar-refractivity contribution is 5.77. The molecule has 1 aromatic rings. The van der Waals surface area contributed by atoms with E-state index in [1.54, 1.807) is 0 Å². The molecule has 0 aliphatic rings. The van der Waals surface area contributed by atoms with Crippen molar-refractivity contribution in [1.82, 2.24) is 0 Å². The second-order valence-electron chi connectivity index (χ2n) is 4.86. The smallest absolute Gasteiger partial charge is 0.132 e. The summed E-state index contributed by atoms with van der Waals surface area (Å²) in [6, 6.07) is 10.6. The van der Waals surface area contributed by atoms with E-state index in [9.17, 15) is 4.79 Å². The topological polar surface area (TPSA) is 17.1 Å². The minimum Gasteiger partial charge on any atom is -0.300 e. The molecule has 0 atom stereocenters. The van der Waals surface area contributed by atoms with Gasteiger partial charge in [0.2, 0.25) is 0 Å². The Balaban J connectivity index is 0.000000325. The van der Waals surface area contributed by atoms with E-state index in [1.807, 2.05) is 13.8 Å². The van der Waals surface area contributed by atoms with Crippen molar-refractivity contribution in [3.8, 4) is 0 Å². The van der Waals surface area contributed by atoms with Crippen molar-refractivity contribution in [3.63, 3.8) is 0 Å². The van der Waals surface area contributed by atoms with Gasteiger partial charge in [-0.25, -0.2) is 0 Å². The molecule has 0 aromatic heterocycles. The Labute approximate surface area is 99.9 Å². The lowest BCUT2D eigenvalue weighted by molar-refractivity contribution is -0.118. The van der Waals surface area contributed by atoms with Gasteiger partial charge in [-0.2, -0.15) is 0 Å². The summed E-state index contributed by atoms with van der Waals surface area (Å²) in [5.41, 5.74) is 1.69. The summed E-state index contributed by atoms with van der Waals surface area (Å²) >= 11 is 0. The van der Waals surface area contributed by atoms with E-state index in [0.29, 0.717) is 24.0 Å². The van der Waals surface area contributed by atoms with Crippen molar-refractivity contribution in [2.24, 2.45) is 0 Å². The van der Waals surface area contributed by atoms with Crippen LogP contribution in [0.1, 0.15) is 53.0 Å². The number of benzene rings is 1. The third kappa shape index (κ3) is 6.39. The van der Waals surface area contributed by atoms with Crippen LogP contribution in [0.5, 0.6) is 0 Å². The molecule has 0 saturated carbocycles. The maximum atomic E-state index is 10.2. The molecule has 1 aromatic carbocycles. The number of carbonyl (C=O) groups is 1. The predicted octanol–water partition coefficient (Wildman–Crippen LogP) is 4.36. The van der Waals surface area contributed by atoms with Gasteiger partial charge in [0.15, 0.2) is 0 Å². The molecular weight excluding hydrogens is 196 g/mol. The summed E-state index contributed by atoms with van der Waals surface area (Å²) in [7, 11) is 0. The third-order valence-corrected chi connectivity index (χ3v) is 2.43. The number of rotatable bonds is 2. The molecule has 0 aliphatic heterocycles. The van der Waals surface area contributed by atoms with Crippen LogP contribution >= 0.6 is 0 Å². The van der Waals surface area contributed by atoms with Gasteiger partial charge in [0.05, 0.1) is 0 Å². The van der Waals surface area contributed by atoms with Gasteiger partial charge in [-0.05, 0) is 11.0 Å². The van der Waals surface area contributed by atoms with Crippen molar-refractivity contribution in [3.05, 3.63) is 35.9 Å². The van der Waals surface area contributed by atoms with Crippen LogP contribution in [0.4, 0.5) is 0 Å². The third-order valence-electron chi connectivity index (χ3n) is 2.43. The van der Waals surface area contributed by atoms with E-state index in [4.69, 9.17) is 0 Å². The van der Waals surface area contributed by atoms with E-state index < -0.39 is 0 Å². The highest BCUT2D eigenvalue weighted by Gasteiger charge is 2.11. The maximum Gasteiger partial charge on any atom is 0.132 e. The van der Waals surface area contributed by atoms with Crippen LogP contribution in [-0.4, -0.2) is 5.78 Å². The minimum atomic E-state index is 0.293. The number of Topliss-reactive ketones (excluding diaryl/α,β-unsaturated/α-hetero) is 1. The zero-order chi connectivity index (χ0) is 12.6. The first kappa shape index (κ1) is 14.9. The molecule has 0 N–H and O–H groups in total. The number of hydrogen-bond donors (Lipinski definition) is 0. The molecule has 16 heavy (non-hydrogen) atoms. The largest absolute Gasteiger partial charge is 0.300 e. The molecule has 0 radical (unpaired) electrons. The molecule has 1 heteroatoms. The van der Waals surface area contributed by atoms with Gasteiger partial charge < -0.3 is 0 Å². The van der Waals surface area contributed by atoms with Crippen molar-refractivity contribution in [2.45, 2.75) is 52.9 Å². The zero-order valence-electron chi connectivity index (χ0n) is 11.2. The summed E-state index contributed by atoms with van der Waals surface area (Å²) in [4.78, 5) is 10.2. The van der Waals surface area contributed by atoms with E-state index in [-0.39, 0.29) is 0 Å². The quantitative estimate of drug-likeness (QED) is 0.723. The molecule has 1 nitrogen and oxygen atoms in total. The Morgan fingerprint density at radius 2 is 1.44 bits per heavy atom. The standard InChI is InChI=1S/C10H14.C5H10O/c1-10(2,3)9-7-5-4-6-8-9;1-3-5(6)4-2/h4-8H,1-3H3;3-4H2,1-2H3. The molecule has 0 heterocycles. The molecule has 0 aliphatic carbocycles. The molecule has 0 spiro atoms. The first-order chi connectivity index (χ1) is 7.41. The lowest BCUT2D eigenvalue weighted by Gasteiger charge is -2.18. The van der Waals surface area contributed by atoms with Crippen molar-refractivity contribution in [1.29, 1.82) is 0 Å². The minimum absolute atomic E-state index is 0.293. The van der Waals surface area contributed by atoms with Crippen LogP contribution in [-0.2, 0) is 10.2 Å². The monoisotopic (exact) mass is 220 g/mol. The highest BCUT2D eigenvalue weighted by atomic mass is 16.1. The van der Waals surface area contributed by atoms with Crippen molar-refractivity contribution < 1.29 is 4.79 Å². The normalized spacial score (nSPS) is 10.3. The summed E-state index contributed by atoms with van der Waals surface area (Å²) in [6.45, 7) is 10.4. The highest BCUT2D eigenvalue weighted by Crippen LogP contribution is 2.20. The molecule has 0 unspecified atom stereocenters. The lowest BCUT2D eigenvalue weighted by Crippen LogP contribution is -2.10. The fourth-order valence-corrected chi connectivity index (χ4v) is 1.19. The first-order valence-corrected chi connectivity index (χ1v) is 5.99. The van der Waals surface area contributed by atoms with Crippen molar-refractivity contribution in [2.75, 3.05) is 0 Å². The second-order valence-corrected chi connectivity index (χ2v) is 4.86. The van der Waals surface area contributed by atoms with Crippen LogP contribution in [0, 0.1) is 0 Å².